The number of unbranched alkanes of at least 4 members (excludes halogenated alkanes) is 5. The van der Waals surface area contributed by atoms with Crippen molar-refractivity contribution in [3.8, 4) is 0 Å². The number of aliphatic hydroxyl groups excluding tert-OH is 1. The molecule has 1 aliphatic rings. The lowest BCUT2D eigenvalue weighted by molar-refractivity contribution is -0.190. The summed E-state index contributed by atoms with van der Waals surface area (Å²) in [7, 11) is 0. The van der Waals surface area contributed by atoms with E-state index in [0.717, 1.165) is 32.3 Å². The van der Waals surface area contributed by atoms with Crippen LogP contribution in [-0.4, -0.2) is 30.7 Å². The van der Waals surface area contributed by atoms with Crippen molar-refractivity contribution in [3.63, 3.8) is 0 Å². The van der Waals surface area contributed by atoms with E-state index in [4.69, 9.17) is 14.6 Å². The molecule has 1 N–H and O–H groups in total. The largest absolute Gasteiger partial charge is 0.396 e. The van der Waals surface area contributed by atoms with Crippen molar-refractivity contribution in [1.82, 2.24) is 0 Å². The molecule has 0 radical (unpaired) electrons. The molecule has 1 aliphatic heterocycles. The summed E-state index contributed by atoms with van der Waals surface area (Å²) in [4.78, 5) is 0. The van der Waals surface area contributed by atoms with Crippen LogP contribution < -0.4 is 0 Å². The van der Waals surface area contributed by atoms with Gasteiger partial charge in [0.2, 0.25) is 0 Å². The van der Waals surface area contributed by atoms with Crippen LogP contribution in [0.5, 0.6) is 0 Å². The summed E-state index contributed by atoms with van der Waals surface area (Å²) in [6, 6.07) is 0. The van der Waals surface area contributed by atoms with Gasteiger partial charge in [0.15, 0.2) is 6.29 Å². The summed E-state index contributed by atoms with van der Waals surface area (Å²) in [5.74, 6) is 0. The van der Waals surface area contributed by atoms with Crippen molar-refractivity contribution in [2.45, 2.75) is 96.4 Å². The van der Waals surface area contributed by atoms with Gasteiger partial charge in [-0.3, -0.25) is 0 Å². The first kappa shape index (κ1) is 17.9. The summed E-state index contributed by atoms with van der Waals surface area (Å²) in [6.07, 6.45) is 14.6. The lowest BCUT2D eigenvalue weighted by Crippen LogP contribution is -2.28. The van der Waals surface area contributed by atoms with E-state index in [1.807, 2.05) is 0 Å². The van der Waals surface area contributed by atoms with E-state index >= 15 is 0 Å². The second kappa shape index (κ2) is 12.6. The summed E-state index contributed by atoms with van der Waals surface area (Å²) >= 11 is 0. The summed E-state index contributed by atoms with van der Waals surface area (Å²) in [5, 5.41) is 8.79. The Kier molecular flexibility index (Phi) is 11.3. The molecule has 1 saturated heterocycles. The van der Waals surface area contributed by atoms with E-state index in [2.05, 4.69) is 6.92 Å². The van der Waals surface area contributed by atoms with Gasteiger partial charge in [0.25, 0.3) is 0 Å². The second-order valence-corrected chi connectivity index (χ2v) is 5.98. The molecule has 120 valence electrons. The smallest absolute Gasteiger partial charge is 0.157 e. The Hall–Kier alpha value is -0.120. The predicted molar refractivity (Wildman–Crippen MR) is 82.8 cm³/mol. The Morgan fingerprint density at radius 1 is 1.05 bits per heavy atom. The summed E-state index contributed by atoms with van der Waals surface area (Å²) in [5.41, 5.74) is 0. The minimum absolute atomic E-state index is 0.0489. The van der Waals surface area contributed by atoms with E-state index in [0.29, 0.717) is 12.7 Å². The molecular weight excluding hydrogens is 252 g/mol. The highest BCUT2D eigenvalue weighted by atomic mass is 16.7. The van der Waals surface area contributed by atoms with Crippen LogP contribution in [-0.2, 0) is 9.47 Å². The third-order valence-electron chi connectivity index (χ3n) is 4.05. The Morgan fingerprint density at radius 3 is 2.45 bits per heavy atom. The van der Waals surface area contributed by atoms with Crippen molar-refractivity contribution in [3.05, 3.63) is 0 Å². The zero-order valence-corrected chi connectivity index (χ0v) is 13.3. The number of rotatable bonds is 12. The summed E-state index contributed by atoms with van der Waals surface area (Å²) < 4.78 is 11.9. The minimum atomic E-state index is 0.0489. The van der Waals surface area contributed by atoms with E-state index in [-0.39, 0.29) is 6.29 Å². The molecule has 0 aromatic carbocycles. The van der Waals surface area contributed by atoms with Crippen LogP contribution in [0.25, 0.3) is 0 Å². The van der Waals surface area contributed by atoms with Crippen molar-refractivity contribution in [2.24, 2.45) is 0 Å². The van der Waals surface area contributed by atoms with Gasteiger partial charge < -0.3 is 14.6 Å². The number of aliphatic hydroxyl groups is 1. The molecule has 20 heavy (non-hydrogen) atoms. The SMILES string of the molecule is CCCCCC(CCCCCCO)OC1CCCCO1. The molecule has 0 aliphatic carbocycles. The Bertz CT molecular complexity index is 202. The third kappa shape index (κ3) is 8.93. The monoisotopic (exact) mass is 286 g/mol. The van der Waals surface area contributed by atoms with Gasteiger partial charge in [0, 0.05) is 13.2 Å². The molecule has 3 heteroatoms. The van der Waals surface area contributed by atoms with Gasteiger partial charge in [-0.25, -0.2) is 0 Å². The quantitative estimate of drug-likeness (QED) is 0.540. The number of hydrogen-bond donors (Lipinski definition) is 1. The molecule has 1 fully saturated rings. The van der Waals surface area contributed by atoms with Crippen LogP contribution in [0.1, 0.15) is 84.0 Å². The van der Waals surface area contributed by atoms with Crippen LogP contribution in [0, 0.1) is 0 Å². The molecular formula is C17H34O3. The topological polar surface area (TPSA) is 38.7 Å². The average molecular weight is 286 g/mol. The Labute approximate surface area is 125 Å². The van der Waals surface area contributed by atoms with Crippen molar-refractivity contribution in [1.29, 1.82) is 0 Å². The highest BCUT2D eigenvalue weighted by molar-refractivity contribution is 4.63. The Balaban J connectivity index is 2.19. The molecule has 2 atom stereocenters. The highest BCUT2D eigenvalue weighted by Gasteiger charge is 2.19. The van der Waals surface area contributed by atoms with Gasteiger partial charge in [-0.1, -0.05) is 45.4 Å². The minimum Gasteiger partial charge on any atom is -0.396 e. The molecule has 2 unspecified atom stereocenters. The average Bonchev–Trinajstić information content (AvgIpc) is 2.48. The molecule has 1 rings (SSSR count). The van der Waals surface area contributed by atoms with Crippen molar-refractivity contribution in [2.75, 3.05) is 13.2 Å². The van der Waals surface area contributed by atoms with Gasteiger partial charge in [-0.05, 0) is 38.5 Å². The van der Waals surface area contributed by atoms with Crippen LogP contribution in [0.3, 0.4) is 0 Å². The second-order valence-electron chi connectivity index (χ2n) is 5.98. The zero-order valence-electron chi connectivity index (χ0n) is 13.3. The van der Waals surface area contributed by atoms with Crippen LogP contribution in [0.15, 0.2) is 0 Å². The molecule has 3 nitrogen and oxygen atoms in total. The fraction of sp³-hybridized carbons (Fsp3) is 1.00. The first-order valence-corrected chi connectivity index (χ1v) is 8.74. The molecule has 0 bridgehead atoms. The Morgan fingerprint density at radius 2 is 1.80 bits per heavy atom. The standard InChI is InChI=1S/C17H34O3/c1-2-3-6-11-16(12-7-4-5-9-14-18)20-17-13-8-10-15-19-17/h16-18H,2-15H2,1H3. The highest BCUT2D eigenvalue weighted by Crippen LogP contribution is 2.21. The molecule has 0 aromatic rings. The van der Waals surface area contributed by atoms with Gasteiger partial charge in [-0.2, -0.15) is 0 Å². The molecule has 0 spiro atoms. The van der Waals surface area contributed by atoms with Crippen LogP contribution in [0.2, 0.25) is 0 Å². The molecule has 0 aromatic heterocycles. The fourth-order valence-corrected chi connectivity index (χ4v) is 2.77. The van der Waals surface area contributed by atoms with Crippen LogP contribution in [0.4, 0.5) is 0 Å². The number of ether oxygens (including phenoxy) is 2. The molecule has 0 amide bonds. The van der Waals surface area contributed by atoms with Crippen molar-refractivity contribution < 1.29 is 14.6 Å². The molecule has 1 heterocycles. The normalized spacial score (nSPS) is 21.0. The van der Waals surface area contributed by atoms with E-state index in [1.54, 1.807) is 0 Å². The number of hydrogen-bond acceptors (Lipinski definition) is 3. The maximum atomic E-state index is 8.79. The summed E-state index contributed by atoms with van der Waals surface area (Å²) in [6.45, 7) is 3.43. The maximum Gasteiger partial charge on any atom is 0.157 e. The first-order valence-electron chi connectivity index (χ1n) is 8.74. The van der Waals surface area contributed by atoms with Crippen molar-refractivity contribution >= 4 is 0 Å². The van der Waals surface area contributed by atoms with Gasteiger partial charge in [-0.15, -0.1) is 0 Å². The third-order valence-corrected chi connectivity index (χ3v) is 4.05. The predicted octanol–water partition coefficient (Wildman–Crippen LogP) is 4.42. The zero-order chi connectivity index (χ0) is 14.5. The van der Waals surface area contributed by atoms with Gasteiger partial charge in [0.1, 0.15) is 0 Å². The first-order chi connectivity index (χ1) is 9.86. The van der Waals surface area contributed by atoms with E-state index in [9.17, 15) is 0 Å². The van der Waals surface area contributed by atoms with E-state index in [1.165, 1.54) is 51.4 Å². The lowest BCUT2D eigenvalue weighted by Gasteiger charge is -2.28. The van der Waals surface area contributed by atoms with Gasteiger partial charge >= 0.3 is 0 Å². The maximum absolute atomic E-state index is 8.79. The van der Waals surface area contributed by atoms with Crippen LogP contribution >= 0.6 is 0 Å². The van der Waals surface area contributed by atoms with E-state index < -0.39 is 0 Å². The molecule has 0 saturated carbocycles. The fourth-order valence-electron chi connectivity index (χ4n) is 2.77. The lowest BCUT2D eigenvalue weighted by atomic mass is 10.0. The van der Waals surface area contributed by atoms with Gasteiger partial charge in [0.05, 0.1) is 6.10 Å².